The van der Waals surface area contributed by atoms with Gasteiger partial charge in [-0.3, -0.25) is 4.79 Å². The highest BCUT2D eigenvalue weighted by atomic mass is 32.2. The van der Waals surface area contributed by atoms with Crippen molar-refractivity contribution in [1.29, 1.82) is 0 Å². The van der Waals surface area contributed by atoms with Gasteiger partial charge in [0.25, 0.3) is 0 Å². The van der Waals surface area contributed by atoms with E-state index in [1.165, 1.54) is 7.11 Å². The third-order valence-corrected chi connectivity index (χ3v) is 3.98. The lowest BCUT2D eigenvalue weighted by molar-refractivity contribution is -0.115. The van der Waals surface area contributed by atoms with Crippen LogP contribution in [0.1, 0.15) is 19.8 Å². The predicted molar refractivity (Wildman–Crippen MR) is 78.3 cm³/mol. The molecule has 0 aromatic heterocycles. The Hall–Kier alpha value is -1.60. The molecule has 0 radical (unpaired) electrons. The zero-order chi connectivity index (χ0) is 15.0. The molecule has 1 aromatic carbocycles. The largest absolute Gasteiger partial charge is 0.497 e. The normalized spacial score (nSPS) is 11.1. The Balaban J connectivity index is 2.47. The molecule has 0 heterocycles. The van der Waals surface area contributed by atoms with E-state index in [9.17, 15) is 13.2 Å². The number of benzene rings is 1. The Morgan fingerprint density at radius 3 is 2.75 bits per heavy atom. The second-order valence-electron chi connectivity index (χ2n) is 4.27. The number of sulfonamides is 1. The van der Waals surface area contributed by atoms with Crippen molar-refractivity contribution in [2.75, 3.05) is 24.7 Å². The highest BCUT2D eigenvalue weighted by Crippen LogP contribution is 2.16. The summed E-state index contributed by atoms with van der Waals surface area (Å²) in [6, 6.07) is 6.85. The first-order valence-electron chi connectivity index (χ1n) is 6.38. The van der Waals surface area contributed by atoms with E-state index in [2.05, 4.69) is 10.0 Å². The van der Waals surface area contributed by atoms with Gasteiger partial charge in [0.2, 0.25) is 15.9 Å². The molecule has 6 nitrogen and oxygen atoms in total. The predicted octanol–water partition coefficient (Wildman–Crippen LogP) is 1.35. The number of hydrogen-bond donors (Lipinski definition) is 2. The van der Waals surface area contributed by atoms with Crippen LogP contribution in [0.2, 0.25) is 0 Å². The van der Waals surface area contributed by atoms with Gasteiger partial charge in [0.1, 0.15) is 5.75 Å². The number of nitrogens with one attached hydrogen (secondary N) is 2. The number of rotatable bonds is 8. The summed E-state index contributed by atoms with van der Waals surface area (Å²) in [6.45, 7) is 1.63. The van der Waals surface area contributed by atoms with Crippen molar-refractivity contribution in [3.8, 4) is 5.75 Å². The van der Waals surface area contributed by atoms with Gasteiger partial charge in [-0.25, -0.2) is 13.1 Å². The van der Waals surface area contributed by atoms with Crippen LogP contribution in [-0.4, -0.2) is 33.7 Å². The highest BCUT2D eigenvalue weighted by Gasteiger charge is 2.11. The van der Waals surface area contributed by atoms with Gasteiger partial charge in [0.15, 0.2) is 0 Å². The first-order chi connectivity index (χ1) is 9.46. The van der Waals surface area contributed by atoms with E-state index < -0.39 is 15.9 Å². The Morgan fingerprint density at radius 2 is 2.10 bits per heavy atom. The van der Waals surface area contributed by atoms with Gasteiger partial charge in [-0.05, 0) is 18.6 Å². The molecule has 1 rings (SSSR count). The molecular weight excluding hydrogens is 280 g/mol. The molecule has 0 unspecified atom stereocenters. The first kappa shape index (κ1) is 16.5. The zero-order valence-electron chi connectivity index (χ0n) is 11.7. The summed E-state index contributed by atoms with van der Waals surface area (Å²) in [6.07, 6.45) is 1.36. The molecule has 0 bridgehead atoms. The standard InChI is InChI=1S/C13H20N2O4S/c1-3-4-8-20(17,18)14-10-13(16)15-11-6-5-7-12(9-11)19-2/h5-7,9,14H,3-4,8,10H2,1-2H3,(H,15,16). The summed E-state index contributed by atoms with van der Waals surface area (Å²) in [7, 11) is -1.85. The fraction of sp³-hybridized carbons (Fsp3) is 0.462. The average Bonchev–Trinajstić information content (AvgIpc) is 2.43. The topological polar surface area (TPSA) is 84.5 Å². The molecule has 2 N–H and O–H groups in total. The van der Waals surface area contributed by atoms with Crippen molar-refractivity contribution in [3.63, 3.8) is 0 Å². The van der Waals surface area contributed by atoms with Crippen LogP contribution in [0.3, 0.4) is 0 Å². The minimum Gasteiger partial charge on any atom is -0.497 e. The van der Waals surface area contributed by atoms with E-state index in [0.717, 1.165) is 6.42 Å². The quantitative estimate of drug-likeness (QED) is 0.759. The smallest absolute Gasteiger partial charge is 0.239 e. The maximum atomic E-state index is 11.7. The number of anilines is 1. The lowest BCUT2D eigenvalue weighted by atomic mass is 10.3. The number of carbonyl (C=O) groups excluding carboxylic acids is 1. The van der Waals surface area contributed by atoms with Gasteiger partial charge in [0.05, 0.1) is 19.4 Å². The SMILES string of the molecule is CCCCS(=O)(=O)NCC(=O)Nc1cccc(OC)c1. The van der Waals surface area contributed by atoms with Crippen molar-refractivity contribution >= 4 is 21.6 Å². The lowest BCUT2D eigenvalue weighted by Crippen LogP contribution is -2.34. The van der Waals surface area contributed by atoms with Gasteiger partial charge in [-0.1, -0.05) is 19.4 Å². The monoisotopic (exact) mass is 300 g/mol. The van der Waals surface area contributed by atoms with E-state index in [1.54, 1.807) is 24.3 Å². The molecule has 20 heavy (non-hydrogen) atoms. The Labute approximate surface area is 119 Å². The summed E-state index contributed by atoms with van der Waals surface area (Å²) >= 11 is 0. The van der Waals surface area contributed by atoms with Crippen LogP contribution in [0, 0.1) is 0 Å². The Morgan fingerprint density at radius 1 is 1.35 bits per heavy atom. The first-order valence-corrected chi connectivity index (χ1v) is 8.03. The highest BCUT2D eigenvalue weighted by molar-refractivity contribution is 7.89. The van der Waals surface area contributed by atoms with Gasteiger partial charge in [-0.2, -0.15) is 0 Å². The molecule has 0 spiro atoms. The van der Waals surface area contributed by atoms with E-state index in [1.807, 2.05) is 6.92 Å². The van der Waals surface area contributed by atoms with E-state index in [0.29, 0.717) is 17.9 Å². The van der Waals surface area contributed by atoms with Crippen molar-refractivity contribution < 1.29 is 17.9 Å². The Kier molecular flexibility index (Phi) is 6.47. The number of carbonyl (C=O) groups is 1. The van der Waals surface area contributed by atoms with Gasteiger partial charge < -0.3 is 10.1 Å². The van der Waals surface area contributed by atoms with Crippen LogP contribution in [0.15, 0.2) is 24.3 Å². The molecule has 0 aliphatic carbocycles. The van der Waals surface area contributed by atoms with Gasteiger partial charge >= 0.3 is 0 Å². The number of unbranched alkanes of at least 4 members (excludes halogenated alkanes) is 1. The van der Waals surface area contributed by atoms with Crippen molar-refractivity contribution in [2.45, 2.75) is 19.8 Å². The van der Waals surface area contributed by atoms with Crippen LogP contribution >= 0.6 is 0 Å². The maximum Gasteiger partial charge on any atom is 0.239 e. The van der Waals surface area contributed by atoms with Crippen molar-refractivity contribution in [2.24, 2.45) is 0 Å². The van der Waals surface area contributed by atoms with E-state index in [-0.39, 0.29) is 12.3 Å². The molecule has 0 aliphatic rings. The molecule has 0 saturated heterocycles. The fourth-order valence-electron chi connectivity index (χ4n) is 1.49. The van der Waals surface area contributed by atoms with Crippen LogP contribution in [0.4, 0.5) is 5.69 Å². The molecule has 7 heteroatoms. The molecule has 1 aromatic rings. The summed E-state index contributed by atoms with van der Waals surface area (Å²) < 4.78 is 30.4. The minimum absolute atomic E-state index is 0.0376. The Bertz CT molecular complexity index is 543. The number of ether oxygens (including phenoxy) is 1. The van der Waals surface area contributed by atoms with Crippen molar-refractivity contribution in [3.05, 3.63) is 24.3 Å². The molecule has 1 amide bonds. The third kappa shape index (κ3) is 6.03. The minimum atomic E-state index is -3.38. The third-order valence-electron chi connectivity index (χ3n) is 2.57. The van der Waals surface area contributed by atoms with Crippen LogP contribution < -0.4 is 14.8 Å². The zero-order valence-corrected chi connectivity index (χ0v) is 12.5. The second kappa shape index (κ2) is 7.86. The van der Waals surface area contributed by atoms with Crippen LogP contribution in [0.5, 0.6) is 5.75 Å². The molecule has 0 atom stereocenters. The van der Waals surface area contributed by atoms with E-state index >= 15 is 0 Å². The summed E-state index contributed by atoms with van der Waals surface area (Å²) in [5.41, 5.74) is 0.558. The number of hydrogen-bond acceptors (Lipinski definition) is 4. The van der Waals surface area contributed by atoms with Crippen LogP contribution in [-0.2, 0) is 14.8 Å². The van der Waals surface area contributed by atoms with E-state index in [4.69, 9.17) is 4.74 Å². The van der Waals surface area contributed by atoms with Gasteiger partial charge in [-0.15, -0.1) is 0 Å². The summed E-state index contributed by atoms with van der Waals surface area (Å²) in [5.74, 6) is 0.236. The fourth-order valence-corrected chi connectivity index (χ4v) is 2.65. The number of amides is 1. The maximum absolute atomic E-state index is 11.7. The molecule has 0 fully saturated rings. The molecule has 0 saturated carbocycles. The number of methoxy groups -OCH3 is 1. The summed E-state index contributed by atoms with van der Waals surface area (Å²) in [5, 5.41) is 2.60. The molecule has 112 valence electrons. The van der Waals surface area contributed by atoms with Gasteiger partial charge in [0, 0.05) is 11.8 Å². The molecular formula is C13H20N2O4S. The summed E-state index contributed by atoms with van der Waals surface area (Å²) in [4.78, 5) is 11.7. The van der Waals surface area contributed by atoms with Crippen molar-refractivity contribution in [1.82, 2.24) is 4.72 Å². The van der Waals surface area contributed by atoms with Crippen LogP contribution in [0.25, 0.3) is 0 Å². The molecule has 0 aliphatic heterocycles. The second-order valence-corrected chi connectivity index (χ2v) is 6.20. The average molecular weight is 300 g/mol. The lowest BCUT2D eigenvalue weighted by Gasteiger charge is -2.08.